The number of amides is 1. The van der Waals surface area contributed by atoms with Gasteiger partial charge in [-0.15, -0.1) is 0 Å². The number of halogens is 2. The molecule has 172 valence electrons. The third kappa shape index (κ3) is 5.37. The van der Waals surface area contributed by atoms with E-state index in [1.807, 2.05) is 6.92 Å². The van der Waals surface area contributed by atoms with Crippen molar-refractivity contribution in [3.05, 3.63) is 29.3 Å². The number of benzene rings is 1. The van der Waals surface area contributed by atoms with Crippen molar-refractivity contribution in [2.75, 3.05) is 26.0 Å². The number of sulfone groups is 1. The molecular weight excluding hydrogens is 428 g/mol. The molecule has 9 heteroatoms. The van der Waals surface area contributed by atoms with Crippen LogP contribution in [0.2, 0.25) is 0 Å². The van der Waals surface area contributed by atoms with E-state index in [4.69, 9.17) is 9.47 Å². The number of nitrogens with zero attached hydrogens (tertiary/aromatic N) is 1. The van der Waals surface area contributed by atoms with E-state index in [1.54, 1.807) is 4.90 Å². The van der Waals surface area contributed by atoms with Crippen LogP contribution in [-0.4, -0.2) is 51.0 Å². The smallest absolute Gasteiger partial charge is 0.410 e. The summed E-state index contributed by atoms with van der Waals surface area (Å²) >= 11 is 0. The summed E-state index contributed by atoms with van der Waals surface area (Å²) in [5.74, 6) is -0.658. The summed E-state index contributed by atoms with van der Waals surface area (Å²) < 4.78 is 62.1. The van der Waals surface area contributed by atoms with Gasteiger partial charge in [0.05, 0.1) is 13.2 Å². The largest absolute Gasteiger partial charge is 0.443 e. The van der Waals surface area contributed by atoms with E-state index >= 15 is 0 Å². The number of ether oxygens (including phenoxy) is 2. The van der Waals surface area contributed by atoms with Gasteiger partial charge in [0.1, 0.15) is 22.1 Å². The molecule has 2 saturated carbocycles. The monoisotopic (exact) mass is 457 g/mol. The van der Waals surface area contributed by atoms with Gasteiger partial charge in [-0.1, -0.05) is 0 Å². The normalized spacial score (nSPS) is 25.4. The third-order valence-corrected chi connectivity index (χ3v) is 7.83. The number of rotatable bonds is 7. The highest BCUT2D eigenvalue weighted by Crippen LogP contribution is 2.48. The fraction of sp³-hybridized carbons (Fsp3) is 0.682. The Labute approximate surface area is 181 Å². The maximum absolute atomic E-state index is 14.0. The topological polar surface area (TPSA) is 72.9 Å². The zero-order valence-corrected chi connectivity index (χ0v) is 18.7. The molecule has 0 bridgehead atoms. The Morgan fingerprint density at radius 3 is 2.35 bits per heavy atom. The lowest BCUT2D eigenvalue weighted by atomic mass is 9.91. The summed E-state index contributed by atoms with van der Waals surface area (Å²) in [5.41, 5.74) is 0.0276. The minimum absolute atomic E-state index is 0.0319. The first kappa shape index (κ1) is 22.5. The zero-order valence-electron chi connectivity index (χ0n) is 17.9. The predicted octanol–water partition coefficient (Wildman–Crippen LogP) is 3.92. The van der Waals surface area contributed by atoms with Crippen molar-refractivity contribution in [1.29, 1.82) is 0 Å². The predicted molar refractivity (Wildman–Crippen MR) is 109 cm³/mol. The molecule has 0 unspecified atom stereocenters. The van der Waals surface area contributed by atoms with Crippen LogP contribution in [0, 0.1) is 29.4 Å². The fourth-order valence-electron chi connectivity index (χ4n) is 4.48. The highest BCUT2D eigenvalue weighted by Gasteiger charge is 2.46. The van der Waals surface area contributed by atoms with Crippen LogP contribution < -0.4 is 0 Å². The quantitative estimate of drug-likeness (QED) is 0.621. The molecule has 0 spiro atoms. The molecule has 1 heterocycles. The number of carbonyl (C=O) groups is 1. The van der Waals surface area contributed by atoms with Crippen molar-refractivity contribution < 1.29 is 31.5 Å². The van der Waals surface area contributed by atoms with E-state index in [0.717, 1.165) is 63.6 Å². The summed E-state index contributed by atoms with van der Waals surface area (Å²) in [7, 11) is -3.96. The molecule has 1 saturated heterocycles. The van der Waals surface area contributed by atoms with Gasteiger partial charge in [0, 0.05) is 19.3 Å². The summed E-state index contributed by atoms with van der Waals surface area (Å²) in [4.78, 5) is 13.1. The van der Waals surface area contributed by atoms with Crippen LogP contribution in [0.1, 0.15) is 44.6 Å². The molecule has 1 amide bonds. The SMILES string of the molecule is CC1(OC(=O)N2CCC([C@H]3C[C@H]3COCc3cc(F)c(S(C)(=O)=O)c(F)c3)CC2)CC1. The van der Waals surface area contributed by atoms with Gasteiger partial charge in [-0.3, -0.25) is 0 Å². The van der Waals surface area contributed by atoms with E-state index in [0.29, 0.717) is 24.4 Å². The van der Waals surface area contributed by atoms with Crippen molar-refractivity contribution in [3.63, 3.8) is 0 Å². The van der Waals surface area contributed by atoms with Crippen LogP contribution in [0.3, 0.4) is 0 Å². The number of likely N-dealkylation sites (tertiary alicyclic amines) is 1. The Morgan fingerprint density at radius 1 is 1.19 bits per heavy atom. The number of carbonyl (C=O) groups excluding carboxylic acids is 1. The van der Waals surface area contributed by atoms with Crippen LogP contribution in [-0.2, 0) is 25.9 Å². The maximum atomic E-state index is 14.0. The molecule has 3 aliphatic rings. The van der Waals surface area contributed by atoms with Gasteiger partial charge in [0.15, 0.2) is 9.84 Å². The standard InChI is InChI=1S/C22H29F2NO5S/c1-22(5-6-22)30-21(26)25-7-3-15(4-8-25)17-11-16(17)13-29-12-14-9-18(23)20(19(24)10-14)31(2,27)28/h9-10,15-17H,3-8,11-13H2,1-2H3/t16-,17+/m0/s1. The van der Waals surface area contributed by atoms with E-state index < -0.39 is 26.4 Å². The molecule has 0 radical (unpaired) electrons. The van der Waals surface area contributed by atoms with Crippen molar-refractivity contribution in [2.24, 2.45) is 17.8 Å². The van der Waals surface area contributed by atoms with Crippen molar-refractivity contribution in [1.82, 2.24) is 4.90 Å². The van der Waals surface area contributed by atoms with Gasteiger partial charge >= 0.3 is 6.09 Å². The second kappa shape index (κ2) is 8.31. The Kier molecular flexibility index (Phi) is 6.02. The van der Waals surface area contributed by atoms with E-state index in [1.165, 1.54) is 0 Å². The van der Waals surface area contributed by atoms with Crippen LogP contribution in [0.25, 0.3) is 0 Å². The van der Waals surface area contributed by atoms with Crippen LogP contribution in [0.5, 0.6) is 0 Å². The summed E-state index contributed by atoms with van der Waals surface area (Å²) in [6, 6.07) is 2.03. The molecule has 1 aromatic rings. The lowest BCUT2D eigenvalue weighted by Crippen LogP contribution is -2.40. The van der Waals surface area contributed by atoms with Crippen LogP contribution >= 0.6 is 0 Å². The first-order valence-electron chi connectivity index (χ1n) is 10.8. The Hall–Kier alpha value is -1.74. The lowest BCUT2D eigenvalue weighted by molar-refractivity contribution is 0.0463. The molecule has 1 aliphatic heterocycles. The highest BCUT2D eigenvalue weighted by atomic mass is 32.2. The average molecular weight is 458 g/mol. The van der Waals surface area contributed by atoms with Gasteiger partial charge < -0.3 is 14.4 Å². The number of piperidine rings is 1. The van der Waals surface area contributed by atoms with Gasteiger partial charge in [-0.05, 0) is 74.5 Å². The molecule has 3 fully saturated rings. The van der Waals surface area contributed by atoms with Crippen molar-refractivity contribution in [3.8, 4) is 0 Å². The molecular formula is C22H29F2NO5S. The molecule has 4 rings (SSSR count). The van der Waals surface area contributed by atoms with Gasteiger partial charge in [-0.25, -0.2) is 22.0 Å². The van der Waals surface area contributed by atoms with Gasteiger partial charge in [-0.2, -0.15) is 0 Å². The van der Waals surface area contributed by atoms with Gasteiger partial charge in [0.2, 0.25) is 0 Å². The second-order valence-electron chi connectivity index (χ2n) is 9.48. The van der Waals surface area contributed by atoms with E-state index in [-0.39, 0.29) is 23.9 Å². The van der Waals surface area contributed by atoms with E-state index in [9.17, 15) is 22.0 Å². The number of hydrogen-bond acceptors (Lipinski definition) is 5. The molecule has 2 atom stereocenters. The highest BCUT2D eigenvalue weighted by molar-refractivity contribution is 7.90. The van der Waals surface area contributed by atoms with Crippen LogP contribution in [0.4, 0.5) is 13.6 Å². The lowest BCUT2D eigenvalue weighted by Gasteiger charge is -2.32. The van der Waals surface area contributed by atoms with Crippen LogP contribution in [0.15, 0.2) is 17.0 Å². The van der Waals surface area contributed by atoms with Crippen molar-refractivity contribution in [2.45, 2.75) is 56.1 Å². The molecule has 0 aromatic heterocycles. The molecule has 1 aromatic carbocycles. The second-order valence-corrected chi connectivity index (χ2v) is 11.4. The van der Waals surface area contributed by atoms with Gasteiger partial charge in [0.25, 0.3) is 0 Å². The Morgan fingerprint density at radius 2 is 1.81 bits per heavy atom. The zero-order chi connectivity index (χ0) is 22.4. The molecule has 2 aliphatic carbocycles. The van der Waals surface area contributed by atoms with E-state index in [2.05, 4.69) is 0 Å². The minimum Gasteiger partial charge on any atom is -0.443 e. The Balaban J connectivity index is 1.19. The fourth-order valence-corrected chi connectivity index (χ4v) is 5.31. The minimum atomic E-state index is -3.96. The summed E-state index contributed by atoms with van der Waals surface area (Å²) in [6.07, 6.45) is 5.43. The van der Waals surface area contributed by atoms with Crippen molar-refractivity contribution >= 4 is 15.9 Å². The first-order chi connectivity index (χ1) is 14.6. The third-order valence-electron chi connectivity index (χ3n) is 6.70. The Bertz CT molecular complexity index is 932. The number of hydrogen-bond donors (Lipinski definition) is 0. The molecule has 0 N–H and O–H groups in total. The molecule has 31 heavy (non-hydrogen) atoms. The summed E-state index contributed by atoms with van der Waals surface area (Å²) in [5, 5.41) is 0. The summed E-state index contributed by atoms with van der Waals surface area (Å²) in [6.45, 7) is 3.94. The first-order valence-corrected chi connectivity index (χ1v) is 12.7. The maximum Gasteiger partial charge on any atom is 0.410 e. The molecule has 6 nitrogen and oxygen atoms in total. The average Bonchev–Trinajstić information content (AvgIpc) is 3.58.